The van der Waals surface area contributed by atoms with Gasteiger partial charge >= 0.3 is 0 Å². The number of rotatable bonds is 6. The minimum absolute atomic E-state index is 0.0454. The van der Waals surface area contributed by atoms with Gasteiger partial charge in [0.2, 0.25) is 0 Å². The predicted molar refractivity (Wildman–Crippen MR) is 117 cm³/mol. The van der Waals surface area contributed by atoms with E-state index in [9.17, 15) is 14.4 Å². The van der Waals surface area contributed by atoms with Crippen molar-refractivity contribution in [3.8, 4) is 11.3 Å². The predicted octanol–water partition coefficient (Wildman–Crippen LogP) is 3.15. The van der Waals surface area contributed by atoms with Gasteiger partial charge in [-0.3, -0.25) is 14.4 Å². The summed E-state index contributed by atoms with van der Waals surface area (Å²) in [6.07, 6.45) is 0.158. The number of ketones is 1. The van der Waals surface area contributed by atoms with Gasteiger partial charge in [-0.05, 0) is 51.0 Å². The maximum atomic E-state index is 12.9. The van der Waals surface area contributed by atoms with Crippen molar-refractivity contribution in [2.75, 3.05) is 0 Å². The summed E-state index contributed by atoms with van der Waals surface area (Å²) in [4.78, 5) is 36.4. The highest BCUT2D eigenvalue weighted by Crippen LogP contribution is 2.26. The zero-order valence-corrected chi connectivity index (χ0v) is 17.5. The summed E-state index contributed by atoms with van der Waals surface area (Å²) in [5.74, 6) is -0.537. The smallest absolute Gasteiger partial charge is 0.275 e. The first-order valence-electron chi connectivity index (χ1n) is 9.65. The molecule has 0 aliphatic heterocycles. The molecule has 1 amide bonds. The number of fused-ring (bicyclic) bond motifs is 1. The third-order valence-electron chi connectivity index (χ3n) is 4.82. The topological polar surface area (TPSA) is 93.4 Å². The number of nitrogens with zero attached hydrogens (tertiary/aromatic N) is 3. The highest BCUT2D eigenvalue weighted by Gasteiger charge is 2.14. The Morgan fingerprint density at radius 3 is 2.40 bits per heavy atom. The van der Waals surface area contributed by atoms with Gasteiger partial charge in [0.15, 0.2) is 0 Å². The van der Waals surface area contributed by atoms with E-state index in [1.54, 1.807) is 19.1 Å². The molecule has 7 heteroatoms. The van der Waals surface area contributed by atoms with Crippen molar-refractivity contribution in [3.05, 3.63) is 63.9 Å². The summed E-state index contributed by atoms with van der Waals surface area (Å²) in [5.41, 5.74) is 6.31. The molecular formula is C23H24N4O3. The monoisotopic (exact) mass is 404 g/mol. The van der Waals surface area contributed by atoms with Gasteiger partial charge in [-0.15, -0.1) is 0 Å². The van der Waals surface area contributed by atoms with Crippen molar-refractivity contribution < 1.29 is 9.59 Å². The second-order valence-electron chi connectivity index (χ2n) is 7.42. The van der Waals surface area contributed by atoms with E-state index in [0.29, 0.717) is 16.8 Å². The fourth-order valence-electron chi connectivity index (χ4n) is 3.17. The minimum Gasteiger partial charge on any atom is -0.300 e. The molecule has 1 aromatic heterocycles. The van der Waals surface area contributed by atoms with E-state index in [2.05, 4.69) is 15.6 Å². The van der Waals surface area contributed by atoms with Gasteiger partial charge in [0.1, 0.15) is 12.3 Å². The SMILES string of the molecule is CC(=O)C/C(C)=N\NC(=O)Cn1nc(-c2ccc(C)c(C)c2)c2ccccc2c1=O. The van der Waals surface area contributed by atoms with Crippen LogP contribution in [-0.2, 0) is 16.1 Å². The molecule has 3 aromatic rings. The molecule has 2 aromatic carbocycles. The van der Waals surface area contributed by atoms with Crippen LogP contribution in [0.2, 0.25) is 0 Å². The molecule has 3 rings (SSSR count). The van der Waals surface area contributed by atoms with Crippen molar-refractivity contribution in [1.29, 1.82) is 0 Å². The van der Waals surface area contributed by atoms with Crippen LogP contribution >= 0.6 is 0 Å². The van der Waals surface area contributed by atoms with Gasteiger partial charge in [0.05, 0.1) is 11.1 Å². The summed E-state index contributed by atoms with van der Waals surface area (Å²) in [6.45, 7) is 6.88. The van der Waals surface area contributed by atoms with Crippen LogP contribution in [0.25, 0.3) is 22.0 Å². The number of hydrazone groups is 1. The van der Waals surface area contributed by atoms with E-state index < -0.39 is 5.91 Å². The van der Waals surface area contributed by atoms with E-state index in [1.807, 2.05) is 44.2 Å². The Morgan fingerprint density at radius 2 is 1.73 bits per heavy atom. The van der Waals surface area contributed by atoms with Crippen molar-refractivity contribution in [1.82, 2.24) is 15.2 Å². The summed E-state index contributed by atoms with van der Waals surface area (Å²) in [5, 5.41) is 9.63. The summed E-state index contributed by atoms with van der Waals surface area (Å²) in [7, 11) is 0. The number of carbonyl (C=O) groups is 2. The zero-order valence-electron chi connectivity index (χ0n) is 17.5. The Kier molecular flexibility index (Phi) is 6.20. The number of amides is 1. The van der Waals surface area contributed by atoms with Gasteiger partial charge in [0.25, 0.3) is 11.5 Å². The second kappa shape index (κ2) is 8.82. The quantitative estimate of drug-likeness (QED) is 0.504. The normalized spacial score (nSPS) is 11.5. The van der Waals surface area contributed by atoms with Crippen molar-refractivity contribution in [2.45, 2.75) is 40.7 Å². The third-order valence-corrected chi connectivity index (χ3v) is 4.82. The van der Waals surface area contributed by atoms with Gasteiger partial charge in [0, 0.05) is 23.1 Å². The van der Waals surface area contributed by atoms with E-state index in [1.165, 1.54) is 6.92 Å². The largest absolute Gasteiger partial charge is 0.300 e. The zero-order chi connectivity index (χ0) is 21.8. The maximum Gasteiger partial charge on any atom is 0.275 e. The molecule has 0 spiro atoms. The average Bonchev–Trinajstić information content (AvgIpc) is 2.70. The molecule has 1 heterocycles. The first-order chi connectivity index (χ1) is 14.3. The van der Waals surface area contributed by atoms with Crippen LogP contribution < -0.4 is 11.0 Å². The molecule has 0 fully saturated rings. The lowest BCUT2D eigenvalue weighted by atomic mass is 10.0. The highest BCUT2D eigenvalue weighted by atomic mass is 16.2. The molecule has 0 unspecified atom stereocenters. The van der Waals surface area contributed by atoms with Crippen molar-refractivity contribution in [2.24, 2.45) is 5.10 Å². The molecule has 1 N–H and O–H groups in total. The number of benzene rings is 2. The number of nitrogens with one attached hydrogen (secondary N) is 1. The standard InChI is InChI=1S/C23H24N4O3/c1-14-9-10-18(11-15(14)2)22-19-7-5-6-8-20(19)23(30)27(26-22)13-21(29)25-24-16(3)12-17(4)28/h5-11H,12-13H2,1-4H3,(H,25,29)/b24-16-. The number of aromatic nitrogens is 2. The van der Waals surface area contributed by atoms with Crippen LogP contribution in [0.1, 0.15) is 31.4 Å². The van der Waals surface area contributed by atoms with Gasteiger partial charge in [-0.25, -0.2) is 10.1 Å². The summed E-state index contributed by atoms with van der Waals surface area (Å²) < 4.78 is 1.15. The molecule has 30 heavy (non-hydrogen) atoms. The number of Topliss-reactive ketones (excluding diaryl/α,β-unsaturated/α-hetero) is 1. The Balaban J connectivity index is 2.00. The number of hydrogen-bond acceptors (Lipinski definition) is 5. The van der Waals surface area contributed by atoms with E-state index in [0.717, 1.165) is 26.8 Å². The Labute approximate surface area is 174 Å². The Morgan fingerprint density at radius 1 is 1.03 bits per heavy atom. The molecule has 0 radical (unpaired) electrons. The lowest BCUT2D eigenvalue weighted by Crippen LogP contribution is -2.32. The second-order valence-corrected chi connectivity index (χ2v) is 7.42. The first-order valence-corrected chi connectivity index (χ1v) is 9.65. The molecule has 0 aliphatic carbocycles. The van der Waals surface area contributed by atoms with E-state index in [-0.39, 0.29) is 24.3 Å². The highest BCUT2D eigenvalue weighted by molar-refractivity contribution is 6.00. The minimum atomic E-state index is -0.492. The lowest BCUT2D eigenvalue weighted by molar-refractivity contribution is -0.122. The molecule has 0 saturated carbocycles. The van der Waals surface area contributed by atoms with Gasteiger partial charge in [-0.1, -0.05) is 30.3 Å². The van der Waals surface area contributed by atoms with Crippen molar-refractivity contribution >= 4 is 28.2 Å². The van der Waals surface area contributed by atoms with Crippen LogP contribution in [0.4, 0.5) is 0 Å². The lowest BCUT2D eigenvalue weighted by Gasteiger charge is -2.12. The molecule has 7 nitrogen and oxygen atoms in total. The first kappa shape index (κ1) is 21.1. The maximum absolute atomic E-state index is 12.9. The molecule has 0 atom stereocenters. The van der Waals surface area contributed by atoms with Crippen LogP contribution in [0.5, 0.6) is 0 Å². The van der Waals surface area contributed by atoms with Gasteiger partial charge in [-0.2, -0.15) is 10.2 Å². The fraction of sp³-hybridized carbons (Fsp3) is 0.261. The summed E-state index contributed by atoms with van der Waals surface area (Å²) >= 11 is 0. The number of carbonyl (C=O) groups excluding carboxylic acids is 2. The summed E-state index contributed by atoms with van der Waals surface area (Å²) in [6, 6.07) is 13.2. The molecule has 154 valence electrons. The van der Waals surface area contributed by atoms with Crippen LogP contribution in [0, 0.1) is 13.8 Å². The molecular weight excluding hydrogens is 380 g/mol. The third kappa shape index (κ3) is 4.68. The van der Waals surface area contributed by atoms with E-state index in [4.69, 9.17) is 0 Å². The fourth-order valence-corrected chi connectivity index (χ4v) is 3.17. The Bertz CT molecular complexity index is 1220. The Hall–Kier alpha value is -3.61. The van der Waals surface area contributed by atoms with Gasteiger partial charge < -0.3 is 0 Å². The van der Waals surface area contributed by atoms with Crippen LogP contribution in [0.15, 0.2) is 52.4 Å². The van der Waals surface area contributed by atoms with Crippen LogP contribution in [0.3, 0.4) is 0 Å². The van der Waals surface area contributed by atoms with Crippen LogP contribution in [-0.4, -0.2) is 27.2 Å². The van der Waals surface area contributed by atoms with E-state index >= 15 is 0 Å². The molecule has 0 aliphatic rings. The average molecular weight is 404 g/mol. The number of hydrogen-bond donors (Lipinski definition) is 1. The number of aryl methyl sites for hydroxylation is 2. The van der Waals surface area contributed by atoms with Crippen molar-refractivity contribution in [3.63, 3.8) is 0 Å². The molecule has 0 bridgehead atoms. The molecule has 0 saturated heterocycles.